The predicted molar refractivity (Wildman–Crippen MR) is 98.2 cm³/mol. The van der Waals surface area contributed by atoms with Crippen molar-refractivity contribution in [3.05, 3.63) is 39.9 Å². The topological polar surface area (TPSA) is 110 Å². The first kappa shape index (κ1) is 16.9. The van der Waals surface area contributed by atoms with E-state index >= 15 is 0 Å². The molecule has 0 amide bonds. The Bertz CT molecular complexity index is 777. The van der Waals surface area contributed by atoms with Crippen molar-refractivity contribution >= 4 is 29.0 Å². The van der Waals surface area contributed by atoms with Gasteiger partial charge < -0.3 is 16.0 Å². The highest BCUT2D eigenvalue weighted by atomic mass is 16.6. The number of nitrogens with two attached hydrogens (primary N) is 1. The molecule has 132 valence electrons. The first-order valence-corrected chi connectivity index (χ1v) is 8.34. The van der Waals surface area contributed by atoms with E-state index in [1.807, 2.05) is 36.1 Å². The van der Waals surface area contributed by atoms with Crippen LogP contribution in [0.1, 0.15) is 25.3 Å². The fourth-order valence-corrected chi connectivity index (χ4v) is 3.01. The van der Waals surface area contributed by atoms with Crippen molar-refractivity contribution in [1.29, 1.82) is 0 Å². The standard InChI is InChI=1S/C17H22N6O2/c1-11-5-7-13(8-6-11)19-16-14(23(24)25)15(18)20-17(21-16)22-9-3-4-12(2)10-22/h5-8,12H,3-4,9-10H2,1-2H3,(H3,18,19,20,21)/t12-/m1/s1. The molecule has 25 heavy (non-hydrogen) atoms. The molecule has 1 aromatic heterocycles. The predicted octanol–water partition coefficient (Wildman–Crippen LogP) is 3.26. The molecule has 2 aromatic rings. The molecule has 8 nitrogen and oxygen atoms in total. The van der Waals surface area contributed by atoms with E-state index in [9.17, 15) is 10.1 Å². The second-order valence-electron chi connectivity index (χ2n) is 6.55. The van der Waals surface area contributed by atoms with Gasteiger partial charge in [0.05, 0.1) is 4.92 Å². The highest BCUT2D eigenvalue weighted by Gasteiger charge is 2.26. The van der Waals surface area contributed by atoms with Gasteiger partial charge in [0.15, 0.2) is 0 Å². The third-order valence-electron chi connectivity index (χ3n) is 4.34. The van der Waals surface area contributed by atoms with E-state index in [-0.39, 0.29) is 17.3 Å². The lowest BCUT2D eigenvalue weighted by Crippen LogP contribution is -2.35. The first-order valence-electron chi connectivity index (χ1n) is 8.34. The van der Waals surface area contributed by atoms with Crippen LogP contribution in [0.25, 0.3) is 0 Å². The Morgan fingerprint density at radius 3 is 2.68 bits per heavy atom. The summed E-state index contributed by atoms with van der Waals surface area (Å²) in [4.78, 5) is 21.5. The lowest BCUT2D eigenvalue weighted by molar-refractivity contribution is -0.383. The van der Waals surface area contributed by atoms with E-state index in [0.29, 0.717) is 17.6 Å². The minimum Gasteiger partial charge on any atom is -0.378 e. The smallest absolute Gasteiger partial charge is 0.353 e. The van der Waals surface area contributed by atoms with Crippen molar-refractivity contribution in [2.75, 3.05) is 29.0 Å². The lowest BCUT2D eigenvalue weighted by atomic mass is 10.0. The normalized spacial score (nSPS) is 17.4. The molecule has 0 radical (unpaired) electrons. The van der Waals surface area contributed by atoms with Crippen molar-refractivity contribution in [2.24, 2.45) is 5.92 Å². The molecule has 1 saturated heterocycles. The largest absolute Gasteiger partial charge is 0.378 e. The number of hydrogen-bond acceptors (Lipinski definition) is 7. The fraction of sp³-hybridized carbons (Fsp3) is 0.412. The molecule has 0 saturated carbocycles. The van der Waals surface area contributed by atoms with Crippen molar-refractivity contribution in [3.8, 4) is 0 Å². The van der Waals surface area contributed by atoms with Gasteiger partial charge >= 0.3 is 5.69 Å². The number of hydrogen-bond donors (Lipinski definition) is 2. The third-order valence-corrected chi connectivity index (χ3v) is 4.34. The molecule has 1 atom stereocenters. The van der Waals surface area contributed by atoms with Gasteiger partial charge in [-0.1, -0.05) is 24.6 Å². The molecular weight excluding hydrogens is 320 g/mol. The molecule has 1 aliphatic heterocycles. The van der Waals surface area contributed by atoms with Crippen LogP contribution in [0.2, 0.25) is 0 Å². The van der Waals surface area contributed by atoms with Crippen LogP contribution in [0.3, 0.4) is 0 Å². The molecular formula is C17H22N6O2. The molecule has 0 bridgehead atoms. The van der Waals surface area contributed by atoms with Crippen LogP contribution in [0, 0.1) is 23.0 Å². The Hall–Kier alpha value is -2.90. The summed E-state index contributed by atoms with van der Waals surface area (Å²) in [5, 5.41) is 14.4. The van der Waals surface area contributed by atoms with Gasteiger partial charge in [0.25, 0.3) is 0 Å². The average molecular weight is 342 g/mol. The molecule has 2 heterocycles. The second kappa shape index (κ2) is 6.92. The highest BCUT2D eigenvalue weighted by Crippen LogP contribution is 2.33. The van der Waals surface area contributed by atoms with Gasteiger partial charge in [-0.05, 0) is 37.8 Å². The van der Waals surface area contributed by atoms with Crippen LogP contribution in [-0.2, 0) is 0 Å². The third kappa shape index (κ3) is 3.78. The summed E-state index contributed by atoms with van der Waals surface area (Å²) < 4.78 is 0. The van der Waals surface area contributed by atoms with Crippen molar-refractivity contribution in [1.82, 2.24) is 9.97 Å². The van der Waals surface area contributed by atoms with Gasteiger partial charge in [0, 0.05) is 18.8 Å². The zero-order valence-electron chi connectivity index (χ0n) is 14.4. The molecule has 1 fully saturated rings. The highest BCUT2D eigenvalue weighted by molar-refractivity contribution is 5.74. The number of rotatable bonds is 4. The summed E-state index contributed by atoms with van der Waals surface area (Å²) in [6.45, 7) is 5.80. The van der Waals surface area contributed by atoms with E-state index in [4.69, 9.17) is 5.73 Å². The molecule has 8 heteroatoms. The lowest BCUT2D eigenvalue weighted by Gasteiger charge is -2.31. The quantitative estimate of drug-likeness (QED) is 0.648. The second-order valence-corrected chi connectivity index (χ2v) is 6.55. The van der Waals surface area contributed by atoms with Gasteiger partial charge in [-0.3, -0.25) is 10.1 Å². The molecule has 1 aliphatic rings. The maximum Gasteiger partial charge on any atom is 0.353 e. The number of anilines is 4. The summed E-state index contributed by atoms with van der Waals surface area (Å²) in [5.74, 6) is 0.962. The van der Waals surface area contributed by atoms with Crippen LogP contribution in [0.5, 0.6) is 0 Å². The number of nitrogen functional groups attached to an aromatic ring is 1. The van der Waals surface area contributed by atoms with E-state index in [2.05, 4.69) is 22.2 Å². The monoisotopic (exact) mass is 342 g/mol. The molecule has 0 aliphatic carbocycles. The zero-order chi connectivity index (χ0) is 18.0. The Kier molecular flexibility index (Phi) is 4.69. The van der Waals surface area contributed by atoms with Gasteiger partial charge in [-0.15, -0.1) is 0 Å². The summed E-state index contributed by atoms with van der Waals surface area (Å²) >= 11 is 0. The maximum atomic E-state index is 11.4. The number of nitrogens with zero attached hydrogens (tertiary/aromatic N) is 4. The van der Waals surface area contributed by atoms with E-state index in [1.54, 1.807) is 0 Å². The Balaban J connectivity index is 1.98. The van der Waals surface area contributed by atoms with Crippen LogP contribution in [0.15, 0.2) is 24.3 Å². The maximum absolute atomic E-state index is 11.4. The van der Waals surface area contributed by atoms with Crippen LogP contribution in [-0.4, -0.2) is 28.0 Å². The van der Waals surface area contributed by atoms with Crippen molar-refractivity contribution in [3.63, 3.8) is 0 Å². The molecule has 3 N–H and O–H groups in total. The zero-order valence-corrected chi connectivity index (χ0v) is 14.4. The number of nitro groups is 1. The summed E-state index contributed by atoms with van der Waals surface area (Å²) in [6.07, 6.45) is 2.20. The number of nitrogens with one attached hydrogen (secondary N) is 1. The Labute approximate surface area is 146 Å². The first-order chi connectivity index (χ1) is 11.9. The molecule has 0 unspecified atom stereocenters. The van der Waals surface area contributed by atoms with Crippen LogP contribution in [0.4, 0.5) is 29.0 Å². The van der Waals surface area contributed by atoms with E-state index in [1.165, 1.54) is 0 Å². The van der Waals surface area contributed by atoms with Crippen molar-refractivity contribution in [2.45, 2.75) is 26.7 Å². The minimum atomic E-state index is -0.547. The molecule has 0 spiro atoms. The summed E-state index contributed by atoms with van der Waals surface area (Å²) in [5.41, 5.74) is 7.40. The molecule has 3 rings (SSSR count). The van der Waals surface area contributed by atoms with Crippen molar-refractivity contribution < 1.29 is 4.92 Å². The van der Waals surface area contributed by atoms with Gasteiger partial charge in [0.2, 0.25) is 17.6 Å². The number of aromatic nitrogens is 2. The van der Waals surface area contributed by atoms with Gasteiger partial charge in [-0.2, -0.15) is 9.97 Å². The summed E-state index contributed by atoms with van der Waals surface area (Å²) in [6, 6.07) is 7.54. The van der Waals surface area contributed by atoms with E-state index < -0.39 is 4.92 Å². The van der Waals surface area contributed by atoms with Gasteiger partial charge in [0.1, 0.15) is 0 Å². The fourth-order valence-electron chi connectivity index (χ4n) is 3.01. The minimum absolute atomic E-state index is 0.120. The Morgan fingerprint density at radius 1 is 1.32 bits per heavy atom. The summed E-state index contributed by atoms with van der Waals surface area (Å²) in [7, 11) is 0. The number of benzene rings is 1. The van der Waals surface area contributed by atoms with E-state index in [0.717, 1.165) is 31.5 Å². The SMILES string of the molecule is Cc1ccc(Nc2nc(N3CCC[C@@H](C)C3)nc(N)c2[N+](=O)[O-])cc1. The van der Waals surface area contributed by atoms with Crippen LogP contribution >= 0.6 is 0 Å². The number of piperidine rings is 1. The van der Waals surface area contributed by atoms with Gasteiger partial charge in [-0.25, -0.2) is 0 Å². The molecule has 1 aromatic carbocycles. The van der Waals surface area contributed by atoms with Crippen LogP contribution < -0.4 is 16.0 Å². The number of aryl methyl sites for hydroxylation is 1. The Morgan fingerprint density at radius 2 is 2.04 bits per heavy atom. The average Bonchev–Trinajstić information content (AvgIpc) is 2.56.